The number of hydrogen-bond donors (Lipinski definition) is 2. The van der Waals surface area contributed by atoms with Gasteiger partial charge in [-0.15, -0.1) is 0 Å². The summed E-state index contributed by atoms with van der Waals surface area (Å²) in [5.41, 5.74) is 2.10. The molecule has 1 fully saturated rings. The Morgan fingerprint density at radius 1 is 1.15 bits per heavy atom. The van der Waals surface area contributed by atoms with Gasteiger partial charge < -0.3 is 20.0 Å². The Balaban J connectivity index is 1.66. The SMILES string of the molecule is CCc1ccc(N[C@H]2NC(=O)/C(=C/c3ccc(N(CC)CC)o3)S2)cc1. The number of amides is 1. The molecule has 2 N–H and O–H groups in total. The van der Waals surface area contributed by atoms with Crippen LogP contribution in [-0.4, -0.2) is 24.5 Å². The van der Waals surface area contributed by atoms with Crippen molar-refractivity contribution in [2.45, 2.75) is 32.7 Å². The molecule has 6 heteroatoms. The van der Waals surface area contributed by atoms with E-state index in [0.717, 1.165) is 31.1 Å². The number of thioether (sulfide) groups is 1. The maximum Gasteiger partial charge on any atom is 0.260 e. The fourth-order valence-electron chi connectivity index (χ4n) is 2.81. The van der Waals surface area contributed by atoms with Crippen molar-refractivity contribution in [3.05, 3.63) is 52.6 Å². The van der Waals surface area contributed by atoms with Crippen LogP contribution in [0.2, 0.25) is 0 Å². The number of anilines is 2. The third kappa shape index (κ3) is 4.25. The summed E-state index contributed by atoms with van der Waals surface area (Å²) < 4.78 is 5.85. The average molecular weight is 372 g/mol. The van der Waals surface area contributed by atoms with Crippen LogP contribution >= 0.6 is 11.8 Å². The molecule has 3 rings (SSSR count). The number of benzene rings is 1. The van der Waals surface area contributed by atoms with E-state index < -0.39 is 0 Å². The molecule has 1 aliphatic heterocycles. The predicted molar refractivity (Wildman–Crippen MR) is 109 cm³/mol. The zero-order valence-corrected chi connectivity index (χ0v) is 16.2. The molecule has 0 spiro atoms. The lowest BCUT2D eigenvalue weighted by Crippen LogP contribution is -2.30. The first kappa shape index (κ1) is 18.5. The Kier molecular flexibility index (Phi) is 5.93. The summed E-state index contributed by atoms with van der Waals surface area (Å²) in [5.74, 6) is 1.44. The molecule has 2 aromatic rings. The van der Waals surface area contributed by atoms with Crippen LogP contribution in [0.5, 0.6) is 0 Å². The first-order valence-electron chi connectivity index (χ1n) is 9.02. The van der Waals surface area contributed by atoms with Gasteiger partial charge in [0.15, 0.2) is 11.4 Å². The van der Waals surface area contributed by atoms with Crippen molar-refractivity contribution in [2.75, 3.05) is 23.3 Å². The summed E-state index contributed by atoms with van der Waals surface area (Å²) in [5, 5.41) is 6.28. The first-order valence-corrected chi connectivity index (χ1v) is 9.90. The fraction of sp³-hybridized carbons (Fsp3) is 0.350. The normalized spacial score (nSPS) is 18.2. The Morgan fingerprint density at radius 2 is 1.88 bits per heavy atom. The number of carbonyl (C=O) groups excluding carboxylic acids is 1. The van der Waals surface area contributed by atoms with Gasteiger partial charge in [-0.25, -0.2) is 0 Å². The molecule has 1 amide bonds. The van der Waals surface area contributed by atoms with Gasteiger partial charge in [-0.1, -0.05) is 30.8 Å². The lowest BCUT2D eigenvalue weighted by molar-refractivity contribution is -0.116. The van der Waals surface area contributed by atoms with E-state index in [0.29, 0.717) is 10.7 Å². The molecule has 1 aromatic heterocycles. The van der Waals surface area contributed by atoms with Gasteiger partial charge in [-0.05, 0) is 44.0 Å². The van der Waals surface area contributed by atoms with Gasteiger partial charge in [0.1, 0.15) is 5.76 Å². The summed E-state index contributed by atoms with van der Waals surface area (Å²) in [6.45, 7) is 8.09. The van der Waals surface area contributed by atoms with Crippen LogP contribution in [0.1, 0.15) is 32.1 Å². The van der Waals surface area contributed by atoms with Gasteiger partial charge in [0, 0.05) is 30.9 Å². The second-order valence-electron chi connectivity index (χ2n) is 6.02. The van der Waals surface area contributed by atoms with E-state index in [1.807, 2.05) is 24.3 Å². The molecule has 0 bridgehead atoms. The maximum atomic E-state index is 12.2. The summed E-state index contributed by atoms with van der Waals surface area (Å²) >= 11 is 1.46. The van der Waals surface area contributed by atoms with Crippen LogP contribution < -0.4 is 15.5 Å². The first-order chi connectivity index (χ1) is 12.6. The van der Waals surface area contributed by atoms with Gasteiger partial charge in [-0.2, -0.15) is 0 Å². The number of aryl methyl sites for hydroxylation is 1. The number of nitrogens with zero attached hydrogens (tertiary/aromatic N) is 1. The Morgan fingerprint density at radius 3 is 2.54 bits per heavy atom. The van der Waals surface area contributed by atoms with Crippen molar-refractivity contribution < 1.29 is 9.21 Å². The van der Waals surface area contributed by atoms with Gasteiger partial charge in [0.2, 0.25) is 0 Å². The molecule has 1 atom stereocenters. The highest BCUT2D eigenvalue weighted by Gasteiger charge is 2.27. The number of nitrogens with one attached hydrogen (secondary N) is 2. The molecule has 1 aliphatic rings. The Labute approximate surface area is 158 Å². The minimum absolute atomic E-state index is 0.0848. The molecular weight excluding hydrogens is 346 g/mol. The quantitative estimate of drug-likeness (QED) is 0.711. The van der Waals surface area contributed by atoms with Crippen LogP contribution in [0.25, 0.3) is 6.08 Å². The molecule has 5 nitrogen and oxygen atoms in total. The highest BCUT2D eigenvalue weighted by atomic mass is 32.2. The highest BCUT2D eigenvalue weighted by Crippen LogP contribution is 2.31. The van der Waals surface area contributed by atoms with E-state index >= 15 is 0 Å². The van der Waals surface area contributed by atoms with E-state index in [4.69, 9.17) is 4.42 Å². The summed E-state index contributed by atoms with van der Waals surface area (Å²) in [6.07, 6.45) is 2.82. The van der Waals surface area contributed by atoms with Gasteiger partial charge in [-0.3, -0.25) is 4.79 Å². The van der Waals surface area contributed by atoms with Crippen LogP contribution in [0.4, 0.5) is 11.6 Å². The van der Waals surface area contributed by atoms with Gasteiger partial charge >= 0.3 is 0 Å². The summed E-state index contributed by atoms with van der Waals surface area (Å²) in [7, 11) is 0. The minimum Gasteiger partial charge on any atom is -0.441 e. The zero-order chi connectivity index (χ0) is 18.5. The molecule has 0 saturated carbocycles. The zero-order valence-electron chi connectivity index (χ0n) is 15.4. The average Bonchev–Trinajstić information content (AvgIpc) is 3.24. The summed E-state index contributed by atoms with van der Waals surface area (Å²) in [6, 6.07) is 12.1. The maximum absolute atomic E-state index is 12.2. The molecule has 0 radical (unpaired) electrons. The van der Waals surface area contributed by atoms with Crippen molar-refractivity contribution in [1.29, 1.82) is 0 Å². The standard InChI is InChI=1S/C20H25N3O2S/c1-4-14-7-9-15(10-8-14)21-20-22-19(24)17(26-20)13-16-11-12-18(25-16)23(5-2)6-3/h7-13,20-21H,4-6H2,1-3H3,(H,22,24)/b17-13-/t20-/m0/s1. The molecule has 138 valence electrons. The molecule has 2 heterocycles. The molecule has 0 unspecified atom stereocenters. The van der Waals surface area contributed by atoms with E-state index in [9.17, 15) is 4.79 Å². The number of furan rings is 1. The van der Waals surface area contributed by atoms with Crippen LogP contribution in [0.3, 0.4) is 0 Å². The highest BCUT2D eigenvalue weighted by molar-refractivity contribution is 8.05. The molecular formula is C20H25N3O2S. The minimum atomic E-state index is -0.182. The van der Waals surface area contributed by atoms with Crippen molar-refractivity contribution in [2.24, 2.45) is 0 Å². The Hall–Kier alpha value is -2.34. The largest absolute Gasteiger partial charge is 0.441 e. The third-order valence-corrected chi connectivity index (χ3v) is 5.38. The predicted octanol–water partition coefficient (Wildman–Crippen LogP) is 4.29. The van der Waals surface area contributed by atoms with E-state index in [2.05, 4.69) is 48.4 Å². The van der Waals surface area contributed by atoms with Crippen molar-refractivity contribution >= 4 is 35.3 Å². The van der Waals surface area contributed by atoms with E-state index in [-0.39, 0.29) is 11.4 Å². The van der Waals surface area contributed by atoms with Crippen molar-refractivity contribution in [1.82, 2.24) is 5.32 Å². The lowest BCUT2D eigenvalue weighted by atomic mass is 10.1. The molecule has 26 heavy (non-hydrogen) atoms. The molecule has 1 saturated heterocycles. The third-order valence-electron chi connectivity index (χ3n) is 4.35. The second-order valence-corrected chi connectivity index (χ2v) is 7.17. The van der Waals surface area contributed by atoms with E-state index in [1.54, 1.807) is 6.08 Å². The number of rotatable bonds is 7. The van der Waals surface area contributed by atoms with Crippen LogP contribution in [0.15, 0.2) is 45.7 Å². The van der Waals surface area contributed by atoms with Crippen LogP contribution in [-0.2, 0) is 11.2 Å². The second kappa shape index (κ2) is 8.36. The Bertz CT molecular complexity index is 779. The fourth-order valence-corrected chi connectivity index (χ4v) is 3.77. The molecule has 0 aliphatic carbocycles. The van der Waals surface area contributed by atoms with Crippen molar-refractivity contribution in [3.63, 3.8) is 0 Å². The number of carbonyl (C=O) groups is 1. The summed E-state index contributed by atoms with van der Waals surface area (Å²) in [4.78, 5) is 15.0. The monoisotopic (exact) mass is 371 g/mol. The molecule has 1 aromatic carbocycles. The topological polar surface area (TPSA) is 57.5 Å². The smallest absolute Gasteiger partial charge is 0.260 e. The van der Waals surface area contributed by atoms with Crippen LogP contribution in [0, 0.1) is 0 Å². The van der Waals surface area contributed by atoms with Gasteiger partial charge in [0.05, 0.1) is 4.91 Å². The number of hydrogen-bond acceptors (Lipinski definition) is 5. The van der Waals surface area contributed by atoms with Crippen molar-refractivity contribution in [3.8, 4) is 0 Å². The van der Waals surface area contributed by atoms with E-state index in [1.165, 1.54) is 17.3 Å². The lowest BCUT2D eigenvalue weighted by Gasteiger charge is -2.16. The van der Waals surface area contributed by atoms with Gasteiger partial charge in [0.25, 0.3) is 5.91 Å².